The Labute approximate surface area is 178 Å². The summed E-state index contributed by atoms with van der Waals surface area (Å²) in [6.07, 6.45) is 6.95. The first-order valence-electron chi connectivity index (χ1n) is 11.0. The summed E-state index contributed by atoms with van der Waals surface area (Å²) < 4.78 is 0. The van der Waals surface area contributed by atoms with Crippen LogP contribution in [0.1, 0.15) is 31.2 Å². The first kappa shape index (κ1) is 20.3. The standard InChI is InChI=1S/C23H31N5O2/c29-21-8-4-3-7-20(21)26-13-15-28(16-14-26)23(30)25-18-19-9-10-22(24-17-19)27-11-5-1-2-6-12-27/h3-4,7-10,17,29H,1-2,5-6,11-16,18H2,(H,25,30). The number of aromatic hydroxyl groups is 1. The van der Waals surface area contributed by atoms with E-state index < -0.39 is 0 Å². The van der Waals surface area contributed by atoms with E-state index in [4.69, 9.17) is 0 Å². The van der Waals surface area contributed by atoms with Crippen LogP contribution in [0.3, 0.4) is 0 Å². The molecular weight excluding hydrogens is 378 g/mol. The second-order valence-electron chi connectivity index (χ2n) is 8.05. The largest absolute Gasteiger partial charge is 0.506 e. The lowest BCUT2D eigenvalue weighted by Crippen LogP contribution is -2.51. The molecule has 1 aromatic heterocycles. The van der Waals surface area contributed by atoms with Gasteiger partial charge in [0.25, 0.3) is 0 Å². The van der Waals surface area contributed by atoms with Crippen molar-refractivity contribution in [3.05, 3.63) is 48.2 Å². The van der Waals surface area contributed by atoms with Crippen molar-refractivity contribution in [2.24, 2.45) is 0 Å². The first-order valence-corrected chi connectivity index (χ1v) is 11.0. The number of carbonyl (C=O) groups excluding carboxylic acids is 1. The van der Waals surface area contributed by atoms with Gasteiger partial charge in [-0.05, 0) is 36.6 Å². The van der Waals surface area contributed by atoms with Crippen LogP contribution in [0.15, 0.2) is 42.6 Å². The molecule has 7 nitrogen and oxygen atoms in total. The maximum Gasteiger partial charge on any atom is 0.317 e. The maximum atomic E-state index is 12.6. The average Bonchev–Trinajstić information content (AvgIpc) is 3.08. The van der Waals surface area contributed by atoms with Gasteiger partial charge < -0.3 is 25.1 Å². The lowest BCUT2D eigenvalue weighted by atomic mass is 10.2. The van der Waals surface area contributed by atoms with Gasteiger partial charge in [-0.3, -0.25) is 0 Å². The van der Waals surface area contributed by atoms with Crippen molar-refractivity contribution in [2.75, 3.05) is 49.1 Å². The fourth-order valence-corrected chi connectivity index (χ4v) is 4.18. The molecule has 2 aliphatic rings. The normalized spacial score (nSPS) is 17.5. The predicted octanol–water partition coefficient (Wildman–Crippen LogP) is 3.20. The minimum atomic E-state index is -0.0523. The summed E-state index contributed by atoms with van der Waals surface area (Å²) in [6, 6.07) is 11.4. The van der Waals surface area contributed by atoms with Crippen molar-refractivity contribution in [1.82, 2.24) is 15.2 Å². The number of piperazine rings is 1. The number of aromatic nitrogens is 1. The van der Waals surface area contributed by atoms with Gasteiger partial charge in [0.15, 0.2) is 0 Å². The molecule has 0 spiro atoms. The number of hydrogen-bond acceptors (Lipinski definition) is 5. The topological polar surface area (TPSA) is 71.9 Å². The van der Waals surface area contributed by atoms with Crippen LogP contribution in [-0.2, 0) is 6.54 Å². The number of rotatable bonds is 4. The number of urea groups is 1. The number of benzene rings is 1. The smallest absolute Gasteiger partial charge is 0.317 e. The molecule has 0 atom stereocenters. The highest BCUT2D eigenvalue weighted by molar-refractivity contribution is 5.74. The summed E-state index contributed by atoms with van der Waals surface area (Å²) in [5.41, 5.74) is 1.84. The van der Waals surface area contributed by atoms with Crippen LogP contribution in [-0.4, -0.2) is 60.3 Å². The number of amides is 2. The zero-order valence-corrected chi connectivity index (χ0v) is 17.5. The van der Waals surface area contributed by atoms with E-state index in [1.807, 2.05) is 29.3 Å². The van der Waals surface area contributed by atoms with Crippen molar-refractivity contribution in [3.8, 4) is 5.75 Å². The number of phenols is 1. The minimum Gasteiger partial charge on any atom is -0.506 e. The highest BCUT2D eigenvalue weighted by Gasteiger charge is 2.22. The van der Waals surface area contributed by atoms with Crippen LogP contribution >= 0.6 is 0 Å². The second-order valence-corrected chi connectivity index (χ2v) is 8.05. The quantitative estimate of drug-likeness (QED) is 0.811. The van der Waals surface area contributed by atoms with Gasteiger partial charge in [0.2, 0.25) is 0 Å². The molecule has 7 heteroatoms. The van der Waals surface area contributed by atoms with Gasteiger partial charge in [0.05, 0.1) is 5.69 Å². The van der Waals surface area contributed by atoms with E-state index in [1.165, 1.54) is 25.7 Å². The number of carbonyl (C=O) groups is 1. The number of nitrogens with one attached hydrogen (secondary N) is 1. The summed E-state index contributed by atoms with van der Waals surface area (Å²) in [4.78, 5) is 23.5. The third-order valence-corrected chi connectivity index (χ3v) is 5.97. The average molecular weight is 410 g/mol. The zero-order chi connectivity index (χ0) is 20.8. The maximum absolute atomic E-state index is 12.6. The Kier molecular flexibility index (Phi) is 6.57. The Balaban J connectivity index is 1.24. The summed E-state index contributed by atoms with van der Waals surface area (Å²) in [6.45, 7) is 5.31. The fourth-order valence-electron chi connectivity index (χ4n) is 4.18. The number of pyridine rings is 1. The Morgan fingerprint density at radius 1 is 0.900 bits per heavy atom. The van der Waals surface area contributed by atoms with Crippen LogP contribution in [0.2, 0.25) is 0 Å². The molecule has 2 fully saturated rings. The summed E-state index contributed by atoms with van der Waals surface area (Å²) in [5, 5.41) is 13.0. The molecule has 0 aliphatic carbocycles. The zero-order valence-electron chi connectivity index (χ0n) is 17.5. The molecule has 2 aromatic rings. The summed E-state index contributed by atoms with van der Waals surface area (Å²) >= 11 is 0. The van der Waals surface area contributed by atoms with E-state index in [9.17, 15) is 9.90 Å². The van der Waals surface area contributed by atoms with Gasteiger partial charge in [0, 0.05) is 52.0 Å². The van der Waals surface area contributed by atoms with Gasteiger partial charge in [0.1, 0.15) is 11.6 Å². The Hall–Kier alpha value is -2.96. The molecule has 160 valence electrons. The lowest BCUT2D eigenvalue weighted by molar-refractivity contribution is 0.194. The molecule has 4 rings (SSSR count). The molecular formula is C23H31N5O2. The van der Waals surface area contributed by atoms with E-state index in [0.29, 0.717) is 32.7 Å². The molecule has 30 heavy (non-hydrogen) atoms. The lowest BCUT2D eigenvalue weighted by Gasteiger charge is -2.36. The van der Waals surface area contributed by atoms with Crippen molar-refractivity contribution in [3.63, 3.8) is 0 Å². The summed E-state index contributed by atoms with van der Waals surface area (Å²) in [7, 11) is 0. The molecule has 2 N–H and O–H groups in total. The number of anilines is 2. The van der Waals surface area contributed by atoms with Crippen molar-refractivity contribution in [2.45, 2.75) is 32.2 Å². The van der Waals surface area contributed by atoms with Crippen LogP contribution in [0.5, 0.6) is 5.75 Å². The van der Waals surface area contributed by atoms with Crippen LogP contribution in [0, 0.1) is 0 Å². The Bertz CT molecular complexity index is 826. The van der Waals surface area contributed by atoms with Gasteiger partial charge in [-0.1, -0.05) is 31.0 Å². The fraction of sp³-hybridized carbons (Fsp3) is 0.478. The predicted molar refractivity (Wildman–Crippen MR) is 119 cm³/mol. The van der Waals surface area contributed by atoms with E-state index >= 15 is 0 Å². The number of phenolic OH excluding ortho intramolecular Hbond substituents is 1. The first-order chi connectivity index (χ1) is 14.7. The summed E-state index contributed by atoms with van der Waals surface area (Å²) in [5.74, 6) is 1.32. The number of para-hydroxylation sites is 2. The third-order valence-electron chi connectivity index (χ3n) is 5.97. The van der Waals surface area contributed by atoms with E-state index in [2.05, 4.69) is 32.2 Å². The molecule has 1 aromatic carbocycles. The highest BCUT2D eigenvalue weighted by Crippen LogP contribution is 2.27. The SMILES string of the molecule is O=C(NCc1ccc(N2CCCCCC2)nc1)N1CCN(c2ccccc2O)CC1. The molecule has 2 amide bonds. The van der Waals surface area contributed by atoms with Gasteiger partial charge in [-0.15, -0.1) is 0 Å². The number of nitrogens with zero attached hydrogens (tertiary/aromatic N) is 4. The van der Waals surface area contributed by atoms with Crippen LogP contribution < -0.4 is 15.1 Å². The molecule has 0 radical (unpaired) electrons. The van der Waals surface area contributed by atoms with Gasteiger partial charge >= 0.3 is 6.03 Å². The second kappa shape index (κ2) is 9.69. The molecule has 3 heterocycles. The van der Waals surface area contributed by atoms with E-state index in [-0.39, 0.29) is 11.8 Å². The minimum absolute atomic E-state index is 0.0523. The van der Waals surface area contributed by atoms with Crippen molar-refractivity contribution < 1.29 is 9.90 Å². The van der Waals surface area contributed by atoms with Gasteiger partial charge in [-0.2, -0.15) is 0 Å². The molecule has 2 saturated heterocycles. The molecule has 0 unspecified atom stereocenters. The van der Waals surface area contributed by atoms with Crippen molar-refractivity contribution in [1.29, 1.82) is 0 Å². The molecule has 0 bridgehead atoms. The van der Waals surface area contributed by atoms with Crippen LogP contribution in [0.25, 0.3) is 0 Å². The van der Waals surface area contributed by atoms with E-state index in [0.717, 1.165) is 30.2 Å². The van der Waals surface area contributed by atoms with Crippen LogP contribution in [0.4, 0.5) is 16.3 Å². The van der Waals surface area contributed by atoms with Gasteiger partial charge in [-0.25, -0.2) is 9.78 Å². The Morgan fingerprint density at radius 2 is 1.63 bits per heavy atom. The number of hydrogen-bond donors (Lipinski definition) is 2. The third kappa shape index (κ3) is 4.96. The molecule has 2 aliphatic heterocycles. The highest BCUT2D eigenvalue weighted by atomic mass is 16.3. The molecule has 0 saturated carbocycles. The Morgan fingerprint density at radius 3 is 2.30 bits per heavy atom. The van der Waals surface area contributed by atoms with Crippen molar-refractivity contribution >= 4 is 17.5 Å². The monoisotopic (exact) mass is 409 g/mol. The van der Waals surface area contributed by atoms with E-state index in [1.54, 1.807) is 6.07 Å².